The fourth-order valence-corrected chi connectivity index (χ4v) is 5.31. The SMILES string of the molecule is CCCCn1ncc(/C=C(\Cc2cc3c(cc2OC)CCO3)N=[N+]=[N-])c1-c1ccc(Cl)cc1OCc1ccccc1N=[N+]=[N-]. The number of aromatic nitrogens is 2. The maximum absolute atomic E-state index is 9.47. The number of unbranched alkanes of at least 4 members (excludes halogenated alkanes) is 1. The Bertz CT molecular complexity index is 1790. The average molecular weight is 611 g/mol. The molecule has 12 heteroatoms. The molecule has 5 rings (SSSR count). The van der Waals surface area contributed by atoms with Crippen LogP contribution in [0.5, 0.6) is 17.2 Å². The molecule has 2 heterocycles. The zero-order valence-electron chi connectivity index (χ0n) is 24.5. The van der Waals surface area contributed by atoms with E-state index in [4.69, 9.17) is 36.4 Å². The predicted octanol–water partition coefficient (Wildman–Crippen LogP) is 9.36. The van der Waals surface area contributed by atoms with E-state index in [9.17, 15) is 5.53 Å². The van der Waals surface area contributed by atoms with E-state index in [0.717, 1.165) is 58.5 Å². The van der Waals surface area contributed by atoms with E-state index in [2.05, 4.69) is 27.0 Å². The van der Waals surface area contributed by atoms with Crippen molar-refractivity contribution in [3.8, 4) is 28.5 Å². The molecule has 1 aliphatic rings. The molecular weight excluding hydrogens is 580 g/mol. The highest BCUT2D eigenvalue weighted by atomic mass is 35.5. The topological polar surface area (TPSA) is 143 Å². The summed E-state index contributed by atoms with van der Waals surface area (Å²) < 4.78 is 19.7. The molecule has 0 bridgehead atoms. The molecule has 0 N–H and O–H groups in total. The lowest BCUT2D eigenvalue weighted by Gasteiger charge is -2.16. The molecule has 11 nitrogen and oxygen atoms in total. The van der Waals surface area contributed by atoms with Crippen LogP contribution in [0.1, 0.15) is 42.0 Å². The zero-order valence-corrected chi connectivity index (χ0v) is 25.2. The number of allylic oxidation sites excluding steroid dienone is 1. The Balaban J connectivity index is 1.56. The van der Waals surface area contributed by atoms with Crippen LogP contribution >= 0.6 is 11.6 Å². The van der Waals surface area contributed by atoms with Gasteiger partial charge in [-0.15, -0.1) is 0 Å². The highest BCUT2D eigenvalue weighted by molar-refractivity contribution is 6.30. The van der Waals surface area contributed by atoms with E-state index in [1.807, 2.05) is 41.1 Å². The van der Waals surface area contributed by atoms with E-state index in [-0.39, 0.29) is 6.61 Å². The van der Waals surface area contributed by atoms with Crippen molar-refractivity contribution in [2.45, 2.75) is 45.8 Å². The van der Waals surface area contributed by atoms with Crippen LogP contribution in [0.15, 0.2) is 76.7 Å². The molecule has 0 radical (unpaired) electrons. The maximum atomic E-state index is 9.47. The fraction of sp³-hybridized carbons (Fsp3) is 0.281. The monoisotopic (exact) mass is 610 g/mol. The lowest BCUT2D eigenvalue weighted by molar-refractivity contribution is 0.307. The fourth-order valence-electron chi connectivity index (χ4n) is 5.14. The van der Waals surface area contributed by atoms with Gasteiger partial charge in [0.1, 0.15) is 23.9 Å². The molecule has 224 valence electrons. The zero-order chi connectivity index (χ0) is 30.9. The second-order valence-corrected chi connectivity index (χ2v) is 10.6. The molecule has 1 aliphatic heterocycles. The summed E-state index contributed by atoms with van der Waals surface area (Å²) in [6.07, 6.45) is 6.65. The summed E-state index contributed by atoms with van der Waals surface area (Å²) in [5, 5.41) is 13.0. The van der Waals surface area contributed by atoms with Gasteiger partial charge in [0.25, 0.3) is 0 Å². The number of nitrogens with zero attached hydrogens (tertiary/aromatic N) is 8. The number of ether oxygens (including phenoxy) is 3. The Labute approximate surface area is 259 Å². The van der Waals surface area contributed by atoms with Crippen molar-refractivity contribution in [2.24, 2.45) is 10.2 Å². The van der Waals surface area contributed by atoms with Gasteiger partial charge in [0, 0.05) is 67.9 Å². The van der Waals surface area contributed by atoms with Crippen LogP contribution in [0.25, 0.3) is 38.2 Å². The Morgan fingerprint density at radius 3 is 2.77 bits per heavy atom. The molecule has 44 heavy (non-hydrogen) atoms. The normalized spacial score (nSPS) is 12.1. The van der Waals surface area contributed by atoms with E-state index < -0.39 is 0 Å². The summed E-state index contributed by atoms with van der Waals surface area (Å²) >= 11 is 6.43. The van der Waals surface area contributed by atoms with Gasteiger partial charge in [0.2, 0.25) is 0 Å². The number of methoxy groups -OCH3 is 1. The van der Waals surface area contributed by atoms with Gasteiger partial charge in [-0.25, -0.2) is 0 Å². The van der Waals surface area contributed by atoms with Gasteiger partial charge >= 0.3 is 0 Å². The van der Waals surface area contributed by atoms with E-state index in [1.54, 1.807) is 37.6 Å². The number of azide groups is 2. The first-order valence-electron chi connectivity index (χ1n) is 14.2. The summed E-state index contributed by atoms with van der Waals surface area (Å²) in [6.45, 7) is 3.58. The minimum Gasteiger partial charge on any atom is -0.496 e. The van der Waals surface area contributed by atoms with Crippen molar-refractivity contribution in [3.63, 3.8) is 0 Å². The quantitative estimate of drug-likeness (QED) is 0.0843. The number of hydrogen-bond donors (Lipinski definition) is 0. The van der Waals surface area contributed by atoms with Crippen molar-refractivity contribution in [1.82, 2.24) is 9.78 Å². The summed E-state index contributed by atoms with van der Waals surface area (Å²) in [5.41, 5.74) is 24.4. The van der Waals surface area contributed by atoms with Crippen LogP contribution in [-0.2, 0) is 26.0 Å². The third-order valence-electron chi connectivity index (χ3n) is 7.28. The second kappa shape index (κ2) is 14.4. The average Bonchev–Trinajstić information content (AvgIpc) is 3.65. The largest absolute Gasteiger partial charge is 0.496 e. The van der Waals surface area contributed by atoms with Crippen molar-refractivity contribution in [3.05, 3.63) is 115 Å². The van der Waals surface area contributed by atoms with Gasteiger partial charge in [-0.3, -0.25) is 4.68 Å². The van der Waals surface area contributed by atoms with E-state index in [0.29, 0.717) is 47.5 Å². The third-order valence-corrected chi connectivity index (χ3v) is 7.51. The number of benzene rings is 3. The summed E-state index contributed by atoms with van der Waals surface area (Å²) in [4.78, 5) is 6.04. The van der Waals surface area contributed by atoms with Gasteiger partial charge in [0.15, 0.2) is 0 Å². The summed E-state index contributed by atoms with van der Waals surface area (Å²) in [5.74, 6) is 2.06. The highest BCUT2D eigenvalue weighted by Crippen LogP contribution is 2.38. The minimum absolute atomic E-state index is 0.154. The molecule has 0 unspecified atom stereocenters. The molecule has 1 aromatic heterocycles. The lowest BCUT2D eigenvalue weighted by Crippen LogP contribution is -2.05. The van der Waals surface area contributed by atoms with Gasteiger partial charge in [-0.1, -0.05) is 59.4 Å². The number of halogens is 1. The standard InChI is InChI=1S/C32H31ClN8O3/c1-3-4-12-41-32(27-10-9-25(33)18-31(27)44-20-22-7-5-6-8-28(22)38-40-35)24(19-36-41)15-26(37-39-34)14-23-17-30-21(11-13-43-30)16-29(23)42-2/h5-10,15-19H,3-4,11-14,20H2,1-2H3/b26-15+. The second-order valence-electron chi connectivity index (χ2n) is 10.1. The maximum Gasteiger partial charge on any atom is 0.130 e. The Kier molecular flexibility index (Phi) is 9.94. The minimum atomic E-state index is 0.154. The molecule has 0 saturated carbocycles. The molecule has 0 spiro atoms. The first kappa shape index (κ1) is 30.4. The Morgan fingerprint density at radius 2 is 1.98 bits per heavy atom. The molecule has 0 fully saturated rings. The van der Waals surface area contributed by atoms with Crippen LogP contribution < -0.4 is 14.2 Å². The Hall–Kier alpha value is -5.08. The lowest BCUT2D eigenvalue weighted by atomic mass is 10.0. The van der Waals surface area contributed by atoms with Crippen LogP contribution in [0, 0.1) is 0 Å². The van der Waals surface area contributed by atoms with Gasteiger partial charge < -0.3 is 14.2 Å². The van der Waals surface area contributed by atoms with Crippen LogP contribution in [0.2, 0.25) is 5.02 Å². The van der Waals surface area contributed by atoms with Gasteiger partial charge in [-0.05, 0) is 59.5 Å². The van der Waals surface area contributed by atoms with Gasteiger partial charge in [0.05, 0.1) is 25.6 Å². The predicted molar refractivity (Wildman–Crippen MR) is 170 cm³/mol. The van der Waals surface area contributed by atoms with Crippen LogP contribution in [-0.4, -0.2) is 23.5 Å². The van der Waals surface area contributed by atoms with Crippen molar-refractivity contribution >= 4 is 23.4 Å². The summed E-state index contributed by atoms with van der Waals surface area (Å²) in [7, 11) is 1.63. The third kappa shape index (κ3) is 6.93. The molecule has 0 saturated heterocycles. The number of rotatable bonds is 13. The van der Waals surface area contributed by atoms with Crippen LogP contribution in [0.3, 0.4) is 0 Å². The highest BCUT2D eigenvalue weighted by Gasteiger charge is 2.20. The van der Waals surface area contributed by atoms with E-state index in [1.165, 1.54) is 0 Å². The number of hydrogen-bond acceptors (Lipinski definition) is 6. The molecule has 0 atom stereocenters. The molecule has 3 aromatic carbocycles. The molecule has 0 amide bonds. The van der Waals surface area contributed by atoms with E-state index >= 15 is 0 Å². The van der Waals surface area contributed by atoms with Crippen molar-refractivity contribution in [2.75, 3.05) is 13.7 Å². The Morgan fingerprint density at radius 1 is 1.11 bits per heavy atom. The summed E-state index contributed by atoms with van der Waals surface area (Å²) in [6, 6.07) is 16.6. The smallest absolute Gasteiger partial charge is 0.130 e. The first-order valence-corrected chi connectivity index (χ1v) is 14.6. The molecule has 4 aromatic rings. The molecule has 0 aliphatic carbocycles. The number of fused-ring (bicyclic) bond motifs is 1. The van der Waals surface area contributed by atoms with Crippen molar-refractivity contribution < 1.29 is 14.2 Å². The first-order chi connectivity index (χ1) is 21.5. The van der Waals surface area contributed by atoms with Crippen LogP contribution in [0.4, 0.5) is 5.69 Å². The van der Waals surface area contributed by atoms with Gasteiger partial charge in [-0.2, -0.15) is 5.10 Å². The number of aryl methyl sites for hydroxylation is 1. The molecular formula is C32H31ClN8O3. The van der Waals surface area contributed by atoms with Crippen molar-refractivity contribution in [1.29, 1.82) is 0 Å².